The lowest BCUT2D eigenvalue weighted by Gasteiger charge is -2.13. The Labute approximate surface area is 143 Å². The maximum atomic E-state index is 11.4. The molecule has 0 aliphatic rings. The van der Waals surface area contributed by atoms with E-state index in [1.165, 1.54) is 0 Å². The zero-order valence-electron chi connectivity index (χ0n) is 13.9. The summed E-state index contributed by atoms with van der Waals surface area (Å²) in [6.45, 7) is 3.77. The second-order valence-corrected chi connectivity index (χ2v) is 9.36. The van der Waals surface area contributed by atoms with Crippen LogP contribution in [0.15, 0.2) is 36.4 Å². The van der Waals surface area contributed by atoms with E-state index in [9.17, 15) is 16.8 Å². The van der Waals surface area contributed by atoms with Crippen LogP contribution in [0.3, 0.4) is 0 Å². The van der Waals surface area contributed by atoms with E-state index in [1.807, 2.05) is 26.0 Å². The summed E-state index contributed by atoms with van der Waals surface area (Å²) >= 11 is 0. The molecule has 0 unspecified atom stereocenters. The Bertz CT molecular complexity index is 981. The first-order valence-corrected chi connectivity index (χ1v) is 10.9. The van der Waals surface area contributed by atoms with Crippen molar-refractivity contribution in [3.05, 3.63) is 47.5 Å². The molecule has 0 aliphatic carbocycles. The number of anilines is 2. The zero-order chi connectivity index (χ0) is 18.1. The molecule has 130 valence electrons. The summed E-state index contributed by atoms with van der Waals surface area (Å²) in [5.41, 5.74) is 4.38. The molecule has 0 radical (unpaired) electrons. The lowest BCUT2D eigenvalue weighted by atomic mass is 9.98. The second kappa shape index (κ2) is 6.45. The van der Waals surface area contributed by atoms with E-state index < -0.39 is 20.0 Å². The van der Waals surface area contributed by atoms with Crippen LogP contribution < -0.4 is 9.44 Å². The van der Waals surface area contributed by atoms with Crippen LogP contribution in [0, 0.1) is 13.8 Å². The number of hydrogen-bond acceptors (Lipinski definition) is 4. The van der Waals surface area contributed by atoms with E-state index in [-0.39, 0.29) is 0 Å². The summed E-state index contributed by atoms with van der Waals surface area (Å²) in [6.07, 6.45) is 2.18. The molecule has 2 aromatic rings. The second-order valence-electron chi connectivity index (χ2n) is 5.87. The molecule has 0 aliphatic heterocycles. The Morgan fingerprint density at radius 2 is 1.33 bits per heavy atom. The van der Waals surface area contributed by atoms with Crippen LogP contribution in [0.1, 0.15) is 11.1 Å². The quantitative estimate of drug-likeness (QED) is 0.849. The van der Waals surface area contributed by atoms with Gasteiger partial charge in [-0.2, -0.15) is 0 Å². The monoisotopic (exact) mass is 368 g/mol. The molecule has 2 aromatic carbocycles. The van der Waals surface area contributed by atoms with Crippen LogP contribution in [0.25, 0.3) is 11.1 Å². The van der Waals surface area contributed by atoms with Crippen LogP contribution >= 0.6 is 0 Å². The normalized spacial score (nSPS) is 12.0. The van der Waals surface area contributed by atoms with E-state index in [0.717, 1.165) is 34.8 Å². The Kier molecular flexibility index (Phi) is 4.91. The minimum atomic E-state index is -3.38. The molecule has 0 saturated carbocycles. The van der Waals surface area contributed by atoms with Crippen LogP contribution in [-0.4, -0.2) is 29.3 Å². The Hall–Kier alpha value is -2.06. The van der Waals surface area contributed by atoms with Gasteiger partial charge in [0.05, 0.1) is 12.5 Å². The summed E-state index contributed by atoms with van der Waals surface area (Å²) in [4.78, 5) is 0. The highest BCUT2D eigenvalue weighted by Crippen LogP contribution is 2.30. The van der Waals surface area contributed by atoms with Gasteiger partial charge in [0, 0.05) is 11.4 Å². The average molecular weight is 368 g/mol. The molecule has 6 nitrogen and oxygen atoms in total. The number of nitrogens with one attached hydrogen (secondary N) is 2. The Morgan fingerprint density at radius 3 is 1.92 bits per heavy atom. The predicted molar refractivity (Wildman–Crippen MR) is 98.3 cm³/mol. The molecule has 0 fully saturated rings. The molecule has 0 atom stereocenters. The summed E-state index contributed by atoms with van der Waals surface area (Å²) in [6, 6.07) is 10.6. The van der Waals surface area contributed by atoms with Crippen LogP contribution in [0.5, 0.6) is 0 Å². The molecule has 8 heteroatoms. The standard InChI is InChI=1S/C16H20N2O4S2/c1-11-7-13(9-15(8-11)18-24(4,21)22)16-10-14(6-5-12(16)2)17-23(3,19)20/h5-10,17-18H,1-4H3. The van der Waals surface area contributed by atoms with E-state index >= 15 is 0 Å². The van der Waals surface area contributed by atoms with Gasteiger partial charge in [0.25, 0.3) is 0 Å². The van der Waals surface area contributed by atoms with Crippen molar-refractivity contribution in [2.75, 3.05) is 22.0 Å². The van der Waals surface area contributed by atoms with Crippen molar-refractivity contribution in [3.8, 4) is 11.1 Å². The van der Waals surface area contributed by atoms with Crippen LogP contribution in [-0.2, 0) is 20.0 Å². The third-order valence-corrected chi connectivity index (χ3v) is 4.45. The fourth-order valence-corrected chi connectivity index (χ4v) is 3.52. The van der Waals surface area contributed by atoms with Crippen molar-refractivity contribution in [1.29, 1.82) is 0 Å². The molecule has 0 spiro atoms. The first kappa shape index (κ1) is 18.3. The average Bonchev–Trinajstić information content (AvgIpc) is 2.36. The summed E-state index contributed by atoms with van der Waals surface area (Å²) in [7, 11) is -6.75. The number of benzene rings is 2. The highest BCUT2D eigenvalue weighted by molar-refractivity contribution is 7.92. The number of rotatable bonds is 5. The molecular formula is C16H20N2O4S2. The highest BCUT2D eigenvalue weighted by Gasteiger charge is 2.10. The molecule has 0 heterocycles. The van der Waals surface area contributed by atoms with E-state index in [0.29, 0.717) is 11.4 Å². The largest absolute Gasteiger partial charge is 0.284 e. The topological polar surface area (TPSA) is 92.3 Å². The van der Waals surface area contributed by atoms with Crippen molar-refractivity contribution in [2.45, 2.75) is 13.8 Å². The molecule has 2 rings (SSSR count). The summed E-state index contributed by atoms with van der Waals surface area (Å²) < 4.78 is 50.6. The first-order chi connectivity index (χ1) is 10.9. The van der Waals surface area contributed by atoms with Gasteiger partial charge >= 0.3 is 0 Å². The van der Waals surface area contributed by atoms with E-state index in [1.54, 1.807) is 24.3 Å². The van der Waals surface area contributed by atoms with Crippen LogP contribution in [0.4, 0.5) is 11.4 Å². The van der Waals surface area contributed by atoms with Gasteiger partial charge in [-0.3, -0.25) is 9.44 Å². The van der Waals surface area contributed by atoms with Gasteiger partial charge in [0.1, 0.15) is 0 Å². The lowest BCUT2D eigenvalue weighted by Crippen LogP contribution is -2.10. The summed E-state index contributed by atoms with van der Waals surface area (Å²) in [5, 5.41) is 0. The Balaban J connectivity index is 2.53. The Morgan fingerprint density at radius 1 is 0.750 bits per heavy atom. The molecule has 24 heavy (non-hydrogen) atoms. The SMILES string of the molecule is Cc1cc(NS(C)(=O)=O)cc(-c2cc(NS(C)(=O)=O)ccc2C)c1. The number of sulfonamides is 2. The van der Waals surface area contributed by atoms with Crippen molar-refractivity contribution in [1.82, 2.24) is 0 Å². The third-order valence-electron chi connectivity index (χ3n) is 3.23. The molecule has 2 N–H and O–H groups in total. The van der Waals surface area contributed by atoms with Gasteiger partial charge in [0.15, 0.2) is 0 Å². The molecule has 0 amide bonds. The zero-order valence-corrected chi connectivity index (χ0v) is 15.5. The van der Waals surface area contributed by atoms with Gasteiger partial charge in [-0.1, -0.05) is 12.1 Å². The smallest absolute Gasteiger partial charge is 0.229 e. The van der Waals surface area contributed by atoms with E-state index in [4.69, 9.17) is 0 Å². The summed E-state index contributed by atoms with van der Waals surface area (Å²) in [5.74, 6) is 0. The van der Waals surface area contributed by atoms with Gasteiger partial charge in [-0.25, -0.2) is 16.8 Å². The van der Waals surface area contributed by atoms with Gasteiger partial charge in [-0.05, 0) is 60.4 Å². The van der Waals surface area contributed by atoms with Crippen molar-refractivity contribution in [3.63, 3.8) is 0 Å². The predicted octanol–water partition coefficient (Wildman–Crippen LogP) is 2.71. The van der Waals surface area contributed by atoms with Gasteiger partial charge in [-0.15, -0.1) is 0 Å². The van der Waals surface area contributed by atoms with Crippen molar-refractivity contribution < 1.29 is 16.8 Å². The van der Waals surface area contributed by atoms with Gasteiger partial charge in [0.2, 0.25) is 20.0 Å². The fraction of sp³-hybridized carbons (Fsp3) is 0.250. The highest BCUT2D eigenvalue weighted by atomic mass is 32.2. The number of hydrogen-bond donors (Lipinski definition) is 2. The molecular weight excluding hydrogens is 348 g/mol. The van der Waals surface area contributed by atoms with Gasteiger partial charge < -0.3 is 0 Å². The molecule has 0 saturated heterocycles. The molecule has 0 aromatic heterocycles. The van der Waals surface area contributed by atoms with Crippen molar-refractivity contribution in [2.24, 2.45) is 0 Å². The minimum Gasteiger partial charge on any atom is -0.284 e. The van der Waals surface area contributed by atoms with E-state index in [2.05, 4.69) is 9.44 Å². The lowest BCUT2D eigenvalue weighted by molar-refractivity contribution is 0.605. The van der Waals surface area contributed by atoms with Crippen LogP contribution in [0.2, 0.25) is 0 Å². The first-order valence-electron chi connectivity index (χ1n) is 7.11. The third kappa shape index (κ3) is 5.24. The molecule has 0 bridgehead atoms. The number of aryl methyl sites for hydroxylation is 2. The van der Waals surface area contributed by atoms with Crippen molar-refractivity contribution >= 4 is 31.4 Å². The maximum Gasteiger partial charge on any atom is 0.229 e. The maximum absolute atomic E-state index is 11.4. The fourth-order valence-electron chi connectivity index (χ4n) is 2.42. The minimum absolute atomic E-state index is 0.456.